The van der Waals surface area contributed by atoms with Crippen LogP contribution in [-0.4, -0.2) is 30.7 Å². The molecule has 0 amide bonds. The molecule has 1 aromatic rings. The Morgan fingerprint density at radius 2 is 1.04 bits per heavy atom. The fraction of sp³-hybridized carbons (Fsp3) is 0.760. The van der Waals surface area contributed by atoms with Crippen molar-refractivity contribution < 1.29 is 5.11 Å². The van der Waals surface area contributed by atoms with Crippen molar-refractivity contribution in [2.45, 2.75) is 103 Å². The molecule has 0 saturated carbocycles. The molecule has 1 N–H and O–H groups in total. The molecule has 0 saturated heterocycles. The Morgan fingerprint density at radius 3 is 1.39 bits per heavy atom. The lowest BCUT2D eigenvalue weighted by atomic mass is 10.0. The van der Waals surface area contributed by atoms with E-state index in [9.17, 15) is 0 Å². The molecule has 0 fully saturated rings. The van der Waals surface area contributed by atoms with Crippen molar-refractivity contribution in [3.05, 3.63) is 35.9 Å². The van der Waals surface area contributed by atoms with E-state index >= 15 is 0 Å². The lowest BCUT2D eigenvalue weighted by Crippen LogP contribution is -2.10. The summed E-state index contributed by atoms with van der Waals surface area (Å²) in [6.07, 6.45) is 19.2. The van der Waals surface area contributed by atoms with E-state index in [-0.39, 0.29) is 12.4 Å². The first-order valence-electron chi connectivity index (χ1n) is 11.5. The summed E-state index contributed by atoms with van der Waals surface area (Å²) >= 11 is 0. The lowest BCUT2D eigenvalue weighted by Gasteiger charge is -2.08. The SMILES string of the molecule is CCCCCCCCCCCCCCCCO.CN(C)Cc1ccccc1.Cl. The van der Waals surface area contributed by atoms with Crippen LogP contribution in [-0.2, 0) is 6.54 Å². The second kappa shape index (κ2) is 24.5. The Bertz CT molecular complexity index is 369. The van der Waals surface area contributed by atoms with Gasteiger partial charge in [0, 0.05) is 13.2 Å². The first-order valence-corrected chi connectivity index (χ1v) is 11.5. The van der Waals surface area contributed by atoms with Crippen LogP contribution < -0.4 is 0 Å². The number of benzene rings is 1. The molecule has 0 aliphatic carbocycles. The minimum atomic E-state index is 0. The van der Waals surface area contributed by atoms with Gasteiger partial charge in [0.05, 0.1) is 0 Å². The zero-order valence-electron chi connectivity index (χ0n) is 19.0. The van der Waals surface area contributed by atoms with Gasteiger partial charge in [-0.15, -0.1) is 12.4 Å². The maximum atomic E-state index is 8.64. The third kappa shape index (κ3) is 23.5. The zero-order chi connectivity index (χ0) is 20.0. The fourth-order valence-electron chi connectivity index (χ4n) is 3.25. The van der Waals surface area contributed by atoms with E-state index in [0.717, 1.165) is 13.0 Å². The highest BCUT2D eigenvalue weighted by molar-refractivity contribution is 5.85. The summed E-state index contributed by atoms with van der Waals surface area (Å²) in [6.45, 7) is 3.68. The summed E-state index contributed by atoms with van der Waals surface area (Å²) in [7, 11) is 4.15. The second-order valence-corrected chi connectivity index (χ2v) is 8.04. The minimum absolute atomic E-state index is 0. The number of hydrogen-bond donors (Lipinski definition) is 1. The predicted octanol–water partition coefficient (Wildman–Crippen LogP) is 7.63. The summed E-state index contributed by atoms with van der Waals surface area (Å²) < 4.78 is 0. The highest BCUT2D eigenvalue weighted by Crippen LogP contribution is 2.12. The lowest BCUT2D eigenvalue weighted by molar-refractivity contribution is 0.282. The third-order valence-corrected chi connectivity index (χ3v) is 4.85. The Balaban J connectivity index is 0. The summed E-state index contributed by atoms with van der Waals surface area (Å²) in [5, 5.41) is 8.64. The van der Waals surface area contributed by atoms with Crippen LogP contribution in [0.15, 0.2) is 30.3 Å². The monoisotopic (exact) mass is 413 g/mol. The normalized spacial score (nSPS) is 10.3. The van der Waals surface area contributed by atoms with E-state index in [1.54, 1.807) is 0 Å². The van der Waals surface area contributed by atoms with E-state index in [1.807, 2.05) is 6.07 Å². The number of unbranched alkanes of at least 4 members (excludes halogenated alkanes) is 13. The van der Waals surface area contributed by atoms with Crippen LogP contribution in [0.2, 0.25) is 0 Å². The molecule has 2 nitrogen and oxygen atoms in total. The molecule has 0 spiro atoms. The van der Waals surface area contributed by atoms with Crippen molar-refractivity contribution in [2.24, 2.45) is 0 Å². The molecule has 3 heteroatoms. The van der Waals surface area contributed by atoms with E-state index in [1.165, 1.54) is 89.0 Å². The number of hydrogen-bond acceptors (Lipinski definition) is 2. The molecule has 28 heavy (non-hydrogen) atoms. The number of nitrogens with zero attached hydrogens (tertiary/aromatic N) is 1. The van der Waals surface area contributed by atoms with Gasteiger partial charge < -0.3 is 10.0 Å². The summed E-state index contributed by atoms with van der Waals surface area (Å²) in [5.74, 6) is 0. The highest BCUT2D eigenvalue weighted by Gasteiger charge is 1.93. The molecule has 1 aromatic carbocycles. The van der Waals surface area contributed by atoms with Crippen LogP contribution in [0, 0.1) is 0 Å². The van der Waals surface area contributed by atoms with Gasteiger partial charge >= 0.3 is 0 Å². The molecule has 0 aromatic heterocycles. The Hall–Kier alpha value is -0.570. The zero-order valence-corrected chi connectivity index (χ0v) is 19.8. The van der Waals surface area contributed by atoms with Crippen LogP contribution >= 0.6 is 12.4 Å². The van der Waals surface area contributed by atoms with Gasteiger partial charge in [-0.1, -0.05) is 121 Å². The van der Waals surface area contributed by atoms with E-state index in [0.29, 0.717) is 6.61 Å². The maximum absolute atomic E-state index is 8.64. The van der Waals surface area contributed by atoms with Crippen molar-refractivity contribution in [3.8, 4) is 0 Å². The molecular weight excluding hydrogens is 366 g/mol. The largest absolute Gasteiger partial charge is 0.396 e. The van der Waals surface area contributed by atoms with Gasteiger partial charge in [-0.2, -0.15) is 0 Å². The van der Waals surface area contributed by atoms with Gasteiger partial charge in [0.25, 0.3) is 0 Å². The molecule has 0 bridgehead atoms. The molecule has 0 radical (unpaired) electrons. The van der Waals surface area contributed by atoms with Gasteiger partial charge in [0.15, 0.2) is 0 Å². The van der Waals surface area contributed by atoms with Crippen molar-refractivity contribution in [3.63, 3.8) is 0 Å². The molecule has 0 unspecified atom stereocenters. The quantitative estimate of drug-likeness (QED) is 0.281. The number of halogens is 1. The Labute approximate surface area is 182 Å². The van der Waals surface area contributed by atoms with Crippen LogP contribution in [0.4, 0.5) is 0 Å². The van der Waals surface area contributed by atoms with Crippen molar-refractivity contribution in [2.75, 3.05) is 20.7 Å². The van der Waals surface area contributed by atoms with Crippen LogP contribution in [0.3, 0.4) is 0 Å². The molecule has 166 valence electrons. The summed E-state index contributed by atoms with van der Waals surface area (Å²) in [4.78, 5) is 2.16. The summed E-state index contributed by atoms with van der Waals surface area (Å²) in [5.41, 5.74) is 1.37. The van der Waals surface area contributed by atoms with Crippen molar-refractivity contribution >= 4 is 12.4 Å². The van der Waals surface area contributed by atoms with Gasteiger partial charge in [-0.3, -0.25) is 0 Å². The van der Waals surface area contributed by atoms with Crippen molar-refractivity contribution in [1.29, 1.82) is 0 Å². The Morgan fingerprint density at radius 1 is 0.643 bits per heavy atom. The molecule has 1 rings (SSSR count). The van der Waals surface area contributed by atoms with Crippen molar-refractivity contribution in [1.82, 2.24) is 4.90 Å². The third-order valence-electron chi connectivity index (χ3n) is 4.85. The molecule has 0 aliphatic rings. The smallest absolute Gasteiger partial charge is 0.0431 e. The molecule has 0 heterocycles. The maximum Gasteiger partial charge on any atom is 0.0431 e. The number of aliphatic hydroxyl groups is 1. The fourth-order valence-corrected chi connectivity index (χ4v) is 3.25. The topological polar surface area (TPSA) is 23.5 Å². The average Bonchev–Trinajstić information content (AvgIpc) is 2.66. The minimum Gasteiger partial charge on any atom is -0.396 e. The van der Waals surface area contributed by atoms with Crippen LogP contribution in [0.5, 0.6) is 0 Å². The first kappa shape index (κ1) is 29.6. The molecule has 0 atom stereocenters. The van der Waals surface area contributed by atoms with E-state index in [4.69, 9.17) is 5.11 Å². The van der Waals surface area contributed by atoms with Crippen LogP contribution in [0.25, 0.3) is 0 Å². The van der Waals surface area contributed by atoms with E-state index in [2.05, 4.69) is 50.2 Å². The van der Waals surface area contributed by atoms with Crippen LogP contribution in [0.1, 0.15) is 102 Å². The number of rotatable bonds is 16. The highest BCUT2D eigenvalue weighted by atomic mass is 35.5. The van der Waals surface area contributed by atoms with Gasteiger partial charge in [0.1, 0.15) is 0 Å². The van der Waals surface area contributed by atoms with Gasteiger partial charge in [-0.25, -0.2) is 0 Å². The average molecular weight is 414 g/mol. The van der Waals surface area contributed by atoms with Gasteiger partial charge in [0.2, 0.25) is 0 Å². The Kier molecular flexibility index (Phi) is 25.9. The molecular formula is C25H48ClNO. The number of aliphatic hydroxyl groups excluding tert-OH is 1. The predicted molar refractivity (Wildman–Crippen MR) is 128 cm³/mol. The molecule has 0 aliphatic heterocycles. The summed E-state index contributed by atoms with van der Waals surface area (Å²) in [6, 6.07) is 10.5. The second-order valence-electron chi connectivity index (χ2n) is 8.04. The standard InChI is InChI=1S/C16H34O.C9H13N.ClH/c1-2-3-4-5-6-7-8-9-10-11-12-13-14-15-16-17;1-10(2)8-9-6-4-3-5-7-9;/h17H,2-16H2,1H3;3-7H,8H2,1-2H3;1H. The van der Waals surface area contributed by atoms with E-state index < -0.39 is 0 Å². The first-order chi connectivity index (χ1) is 13.2. The van der Waals surface area contributed by atoms with Gasteiger partial charge in [-0.05, 0) is 26.1 Å².